The molecule has 1 fully saturated rings. The van der Waals surface area contributed by atoms with Crippen molar-refractivity contribution in [3.63, 3.8) is 0 Å². The number of sulfonamides is 1. The van der Waals surface area contributed by atoms with Crippen LogP contribution in [0.5, 0.6) is 0 Å². The van der Waals surface area contributed by atoms with Gasteiger partial charge >= 0.3 is 0 Å². The summed E-state index contributed by atoms with van der Waals surface area (Å²) in [5.74, 6) is 1.23. The van der Waals surface area contributed by atoms with Gasteiger partial charge < -0.3 is 10.6 Å². The van der Waals surface area contributed by atoms with Gasteiger partial charge in [0.1, 0.15) is 0 Å². The van der Waals surface area contributed by atoms with Crippen LogP contribution in [0.2, 0.25) is 0 Å². The van der Waals surface area contributed by atoms with E-state index in [0.29, 0.717) is 25.0 Å². The Kier molecular flexibility index (Phi) is 6.57. The fraction of sp³-hybridized carbons (Fsp3) is 0.500. The van der Waals surface area contributed by atoms with Crippen LogP contribution in [0.3, 0.4) is 0 Å². The first-order valence-corrected chi connectivity index (χ1v) is 10.9. The second-order valence-electron chi connectivity index (χ2n) is 6.86. The molecule has 27 heavy (non-hydrogen) atoms. The van der Waals surface area contributed by atoms with E-state index in [4.69, 9.17) is 5.14 Å². The molecule has 1 aliphatic rings. The van der Waals surface area contributed by atoms with Crippen molar-refractivity contribution in [2.75, 3.05) is 17.2 Å². The maximum absolute atomic E-state index is 11.3. The lowest BCUT2D eigenvalue weighted by molar-refractivity contribution is 0.598. The fourth-order valence-electron chi connectivity index (χ4n) is 3.25. The molecule has 0 spiro atoms. The van der Waals surface area contributed by atoms with Gasteiger partial charge in [0.05, 0.1) is 11.1 Å². The van der Waals surface area contributed by atoms with Crippen LogP contribution in [-0.4, -0.2) is 36.2 Å². The van der Waals surface area contributed by atoms with E-state index in [2.05, 4.69) is 25.8 Å². The normalized spacial score (nSPS) is 15.9. The highest BCUT2D eigenvalue weighted by atomic mass is 32.2. The highest BCUT2D eigenvalue weighted by Crippen LogP contribution is 2.20. The van der Waals surface area contributed by atoms with Gasteiger partial charge in [0.15, 0.2) is 5.82 Å². The largest absolute Gasteiger partial charge is 0.366 e. The summed E-state index contributed by atoms with van der Waals surface area (Å²) in [7, 11) is -3.65. The van der Waals surface area contributed by atoms with E-state index in [0.717, 1.165) is 11.4 Å². The number of anilines is 2. The van der Waals surface area contributed by atoms with Gasteiger partial charge in [-0.3, -0.25) is 0 Å². The molecule has 9 heteroatoms. The highest BCUT2D eigenvalue weighted by molar-refractivity contribution is 7.89. The highest BCUT2D eigenvalue weighted by Gasteiger charge is 2.13. The Morgan fingerprint density at radius 3 is 2.44 bits per heavy atom. The molecule has 1 aliphatic carbocycles. The molecule has 1 saturated carbocycles. The van der Waals surface area contributed by atoms with Crippen LogP contribution in [0.4, 0.5) is 11.8 Å². The summed E-state index contributed by atoms with van der Waals surface area (Å²) in [6, 6.07) is 6.99. The van der Waals surface area contributed by atoms with Gasteiger partial charge in [-0.25, -0.2) is 13.6 Å². The average Bonchev–Trinajstić information content (AvgIpc) is 2.90. The Bertz CT molecular complexity index is 833. The lowest BCUT2D eigenvalue weighted by atomic mass is 10.1. The van der Waals surface area contributed by atoms with Crippen LogP contribution in [0.25, 0.3) is 0 Å². The zero-order chi connectivity index (χ0) is 19.1. The topological polar surface area (TPSA) is 123 Å². The summed E-state index contributed by atoms with van der Waals surface area (Å²) in [4.78, 5) is 4.60. The predicted molar refractivity (Wildman–Crippen MR) is 105 cm³/mol. The number of nitrogens with one attached hydrogen (secondary N) is 2. The summed E-state index contributed by atoms with van der Waals surface area (Å²) >= 11 is 0. The zero-order valence-electron chi connectivity index (χ0n) is 15.3. The summed E-state index contributed by atoms with van der Waals surface area (Å²) in [6.45, 7) is 0.614. The molecule has 0 unspecified atom stereocenters. The third kappa shape index (κ3) is 6.14. The Labute approximate surface area is 160 Å². The maximum Gasteiger partial charge on any atom is 0.244 e. The van der Waals surface area contributed by atoms with Crippen LogP contribution in [-0.2, 0) is 16.4 Å². The van der Waals surface area contributed by atoms with E-state index in [1.807, 2.05) is 0 Å². The number of hydrogen-bond acceptors (Lipinski definition) is 7. The van der Waals surface area contributed by atoms with Crippen molar-refractivity contribution in [3.05, 3.63) is 36.0 Å². The van der Waals surface area contributed by atoms with Crippen molar-refractivity contribution in [2.45, 2.75) is 55.9 Å². The summed E-state index contributed by atoms with van der Waals surface area (Å²) in [5, 5.41) is 19.8. The van der Waals surface area contributed by atoms with Gasteiger partial charge in [-0.15, -0.1) is 5.10 Å². The molecule has 0 bridgehead atoms. The van der Waals surface area contributed by atoms with Gasteiger partial charge in [0.2, 0.25) is 16.0 Å². The van der Waals surface area contributed by atoms with Crippen LogP contribution in [0, 0.1) is 0 Å². The predicted octanol–water partition coefficient (Wildman–Crippen LogP) is 2.31. The SMILES string of the molecule is NS(=O)(=O)c1ccc(CCNc2nncc(NC3CCCCCC3)n2)cc1. The lowest BCUT2D eigenvalue weighted by Crippen LogP contribution is -2.20. The van der Waals surface area contributed by atoms with E-state index in [1.54, 1.807) is 18.3 Å². The molecule has 8 nitrogen and oxygen atoms in total. The molecule has 0 radical (unpaired) electrons. The first kappa shape index (κ1) is 19.5. The molecule has 0 atom stereocenters. The van der Waals surface area contributed by atoms with Gasteiger partial charge in [-0.05, 0) is 37.0 Å². The minimum atomic E-state index is -3.65. The summed E-state index contributed by atoms with van der Waals surface area (Å²) < 4.78 is 22.5. The summed E-state index contributed by atoms with van der Waals surface area (Å²) in [5.41, 5.74) is 0.996. The van der Waals surface area contributed by atoms with Crippen molar-refractivity contribution in [2.24, 2.45) is 5.14 Å². The monoisotopic (exact) mass is 390 g/mol. The molecule has 4 N–H and O–H groups in total. The number of benzene rings is 1. The summed E-state index contributed by atoms with van der Waals surface area (Å²) in [6.07, 6.45) is 9.83. The fourth-order valence-corrected chi connectivity index (χ4v) is 3.76. The molecule has 3 rings (SSSR count). The van der Waals surface area contributed by atoms with Gasteiger partial charge in [-0.2, -0.15) is 10.1 Å². The minimum absolute atomic E-state index is 0.115. The van der Waals surface area contributed by atoms with E-state index >= 15 is 0 Å². The molecule has 1 aromatic carbocycles. The number of nitrogens with two attached hydrogens (primary N) is 1. The van der Waals surface area contributed by atoms with E-state index < -0.39 is 10.0 Å². The zero-order valence-corrected chi connectivity index (χ0v) is 16.1. The first-order valence-electron chi connectivity index (χ1n) is 9.32. The lowest BCUT2D eigenvalue weighted by Gasteiger charge is -2.16. The molecular weight excluding hydrogens is 364 g/mol. The van der Waals surface area contributed by atoms with Crippen LogP contribution in [0.1, 0.15) is 44.1 Å². The number of aromatic nitrogens is 3. The van der Waals surface area contributed by atoms with E-state index in [-0.39, 0.29) is 4.90 Å². The van der Waals surface area contributed by atoms with Crippen molar-refractivity contribution >= 4 is 21.8 Å². The number of hydrogen-bond donors (Lipinski definition) is 3. The second kappa shape index (κ2) is 9.09. The first-order chi connectivity index (χ1) is 13.0. The average molecular weight is 391 g/mol. The Hall–Kier alpha value is -2.26. The molecule has 0 amide bonds. The standard InChI is InChI=1S/C18H26N6O2S/c19-27(25,26)16-9-7-14(8-10-16)11-12-20-18-23-17(13-21-24-18)22-15-5-3-1-2-4-6-15/h7-10,13,15H,1-6,11-12H2,(H2,19,25,26)(H2,20,22,23,24). The van der Waals surface area contributed by atoms with Gasteiger partial charge in [-0.1, -0.05) is 37.8 Å². The number of primary sulfonamides is 1. The second-order valence-corrected chi connectivity index (χ2v) is 8.43. The Morgan fingerprint density at radius 1 is 1.07 bits per heavy atom. The van der Waals surface area contributed by atoms with E-state index in [9.17, 15) is 8.42 Å². The van der Waals surface area contributed by atoms with Crippen molar-refractivity contribution in [3.8, 4) is 0 Å². The van der Waals surface area contributed by atoms with Crippen LogP contribution >= 0.6 is 0 Å². The maximum atomic E-state index is 11.3. The smallest absolute Gasteiger partial charge is 0.244 e. The van der Waals surface area contributed by atoms with Crippen LogP contribution in [0.15, 0.2) is 35.4 Å². The Balaban J connectivity index is 1.51. The molecule has 146 valence electrons. The van der Waals surface area contributed by atoms with Crippen molar-refractivity contribution in [1.29, 1.82) is 0 Å². The van der Waals surface area contributed by atoms with Crippen molar-refractivity contribution in [1.82, 2.24) is 15.2 Å². The minimum Gasteiger partial charge on any atom is -0.366 e. The number of rotatable bonds is 7. The molecule has 1 heterocycles. The molecule has 2 aromatic rings. The molecule has 0 saturated heterocycles. The number of nitrogens with zero attached hydrogens (tertiary/aromatic N) is 3. The van der Waals surface area contributed by atoms with Gasteiger partial charge in [0.25, 0.3) is 0 Å². The molecule has 0 aliphatic heterocycles. The van der Waals surface area contributed by atoms with Crippen LogP contribution < -0.4 is 15.8 Å². The van der Waals surface area contributed by atoms with Gasteiger partial charge in [0, 0.05) is 12.6 Å². The van der Waals surface area contributed by atoms with Crippen molar-refractivity contribution < 1.29 is 8.42 Å². The quantitative estimate of drug-likeness (QED) is 0.620. The van der Waals surface area contributed by atoms with E-state index in [1.165, 1.54) is 50.7 Å². The molecular formula is C18H26N6O2S. The third-order valence-corrected chi connectivity index (χ3v) is 5.64. The Morgan fingerprint density at radius 2 is 1.78 bits per heavy atom. The molecule has 1 aromatic heterocycles. The third-order valence-electron chi connectivity index (χ3n) is 4.71.